The second-order valence-electron chi connectivity index (χ2n) is 7.49. The van der Waals surface area contributed by atoms with E-state index in [2.05, 4.69) is 53.9 Å². The van der Waals surface area contributed by atoms with Crippen LogP contribution in [0.1, 0.15) is 17.3 Å². The van der Waals surface area contributed by atoms with Crippen molar-refractivity contribution in [2.45, 2.75) is 12.7 Å². The first-order valence-electron chi connectivity index (χ1n) is 9.93. The maximum atomic E-state index is 4.96. The summed E-state index contributed by atoms with van der Waals surface area (Å²) in [5, 5.41) is 3.61. The number of rotatable bonds is 3. The molecule has 0 spiro atoms. The highest BCUT2D eigenvalue weighted by molar-refractivity contribution is 5.98. The van der Waals surface area contributed by atoms with Gasteiger partial charge in [-0.2, -0.15) is 0 Å². The van der Waals surface area contributed by atoms with Gasteiger partial charge in [0.1, 0.15) is 6.17 Å². The molecule has 0 radical (unpaired) electrons. The van der Waals surface area contributed by atoms with Gasteiger partial charge in [-0.1, -0.05) is 24.3 Å². The molecule has 8 nitrogen and oxygen atoms in total. The molecule has 1 aromatic carbocycles. The first-order valence-corrected chi connectivity index (χ1v) is 9.93. The van der Waals surface area contributed by atoms with Gasteiger partial charge in [0.15, 0.2) is 0 Å². The van der Waals surface area contributed by atoms with E-state index in [-0.39, 0.29) is 6.17 Å². The largest absolute Gasteiger partial charge is 0.331 e. The number of hydrogen-bond donors (Lipinski definition) is 1. The Morgan fingerprint density at radius 1 is 0.967 bits per heavy atom. The third kappa shape index (κ3) is 2.81. The van der Waals surface area contributed by atoms with Crippen molar-refractivity contribution in [1.82, 2.24) is 29.7 Å². The molecule has 6 rings (SSSR count). The topological polar surface area (TPSA) is 74.5 Å². The number of para-hydroxylation sites is 2. The standard InChI is InChI=1S/C22H20N8/c1-2-8-19-18(7-1)26-22-29-15-28(13-16-5-3-9-23-11-16)14-25-21(29)27-20(30(19)22)17-6-4-10-24-12-17/h1-12,20H,13-15H2,(H,25,27)/t20-/m1/s1. The van der Waals surface area contributed by atoms with E-state index >= 15 is 0 Å². The Morgan fingerprint density at radius 2 is 1.83 bits per heavy atom. The molecule has 8 heteroatoms. The maximum Gasteiger partial charge on any atom is 0.216 e. The van der Waals surface area contributed by atoms with Crippen molar-refractivity contribution in [1.29, 1.82) is 0 Å². The van der Waals surface area contributed by atoms with Crippen molar-refractivity contribution < 1.29 is 0 Å². The molecule has 1 N–H and O–H groups in total. The van der Waals surface area contributed by atoms with Gasteiger partial charge < -0.3 is 5.32 Å². The van der Waals surface area contributed by atoms with Crippen molar-refractivity contribution in [2.24, 2.45) is 4.99 Å². The summed E-state index contributed by atoms with van der Waals surface area (Å²) in [5.41, 5.74) is 4.29. The Bertz CT molecular complexity index is 1220. The van der Waals surface area contributed by atoms with Crippen LogP contribution in [0.5, 0.6) is 0 Å². The SMILES string of the molecule is c1cncc(CN2CN=C3N[C@@H](c4cccnc4)n4c(nc5ccccc54)N3C2)c1. The Hall–Kier alpha value is -3.78. The zero-order valence-electron chi connectivity index (χ0n) is 16.3. The van der Waals surface area contributed by atoms with E-state index in [9.17, 15) is 0 Å². The molecule has 4 aromatic rings. The lowest BCUT2D eigenvalue weighted by Gasteiger charge is -2.41. The Kier molecular flexibility index (Phi) is 3.95. The Labute approximate surface area is 173 Å². The number of anilines is 1. The number of nitrogens with zero attached hydrogens (tertiary/aromatic N) is 7. The number of imidazole rings is 1. The maximum absolute atomic E-state index is 4.96. The third-order valence-corrected chi connectivity index (χ3v) is 5.49. The van der Waals surface area contributed by atoms with Gasteiger partial charge in [0.2, 0.25) is 11.9 Å². The van der Waals surface area contributed by atoms with Crippen LogP contribution >= 0.6 is 0 Å². The van der Waals surface area contributed by atoms with Crippen LogP contribution in [0.2, 0.25) is 0 Å². The quantitative estimate of drug-likeness (QED) is 0.574. The van der Waals surface area contributed by atoms with E-state index < -0.39 is 0 Å². The molecular weight excluding hydrogens is 376 g/mol. The van der Waals surface area contributed by atoms with Crippen LogP contribution in [0.4, 0.5) is 5.95 Å². The van der Waals surface area contributed by atoms with Crippen molar-refractivity contribution in [3.05, 3.63) is 84.4 Å². The van der Waals surface area contributed by atoms with Crippen molar-refractivity contribution in [3.8, 4) is 0 Å². The molecule has 0 amide bonds. The van der Waals surface area contributed by atoms with Crippen LogP contribution in [0.3, 0.4) is 0 Å². The molecule has 2 aliphatic rings. The Balaban J connectivity index is 1.42. The Morgan fingerprint density at radius 3 is 2.67 bits per heavy atom. The number of hydrogen-bond acceptors (Lipinski definition) is 7. The van der Waals surface area contributed by atoms with Gasteiger partial charge in [-0.05, 0) is 29.8 Å². The van der Waals surface area contributed by atoms with E-state index in [0.717, 1.165) is 35.0 Å². The minimum atomic E-state index is -0.110. The molecule has 0 fully saturated rings. The number of pyridine rings is 2. The van der Waals surface area contributed by atoms with Crippen LogP contribution in [0, 0.1) is 0 Å². The van der Waals surface area contributed by atoms with Crippen LogP contribution < -0.4 is 10.2 Å². The number of nitrogens with one attached hydrogen (secondary N) is 1. The number of guanidine groups is 1. The first-order chi connectivity index (χ1) is 14.9. The fourth-order valence-corrected chi connectivity index (χ4v) is 4.13. The first kappa shape index (κ1) is 17.1. The van der Waals surface area contributed by atoms with E-state index in [1.807, 2.05) is 36.7 Å². The number of aromatic nitrogens is 4. The average Bonchev–Trinajstić information content (AvgIpc) is 3.20. The van der Waals surface area contributed by atoms with Crippen LogP contribution in [-0.2, 0) is 6.54 Å². The molecular formula is C22H20N8. The molecule has 2 aliphatic heterocycles. The van der Waals surface area contributed by atoms with Gasteiger partial charge in [0.05, 0.1) is 24.4 Å². The van der Waals surface area contributed by atoms with E-state index in [1.165, 1.54) is 5.56 Å². The van der Waals surface area contributed by atoms with Gasteiger partial charge >= 0.3 is 0 Å². The van der Waals surface area contributed by atoms with Gasteiger partial charge in [-0.25, -0.2) is 9.98 Å². The van der Waals surface area contributed by atoms with Gasteiger partial charge in [0.25, 0.3) is 0 Å². The minimum absolute atomic E-state index is 0.110. The summed E-state index contributed by atoms with van der Waals surface area (Å²) in [7, 11) is 0. The smallest absolute Gasteiger partial charge is 0.216 e. The summed E-state index contributed by atoms with van der Waals surface area (Å²) in [6.45, 7) is 2.10. The second-order valence-corrected chi connectivity index (χ2v) is 7.49. The summed E-state index contributed by atoms with van der Waals surface area (Å²) in [4.78, 5) is 22.8. The van der Waals surface area contributed by atoms with E-state index in [0.29, 0.717) is 13.3 Å². The summed E-state index contributed by atoms with van der Waals surface area (Å²) in [6, 6.07) is 16.3. The summed E-state index contributed by atoms with van der Waals surface area (Å²) in [6.07, 6.45) is 7.28. The molecule has 0 aliphatic carbocycles. The van der Waals surface area contributed by atoms with E-state index in [1.54, 1.807) is 12.4 Å². The van der Waals surface area contributed by atoms with Gasteiger partial charge in [0, 0.05) is 36.9 Å². The molecule has 0 unspecified atom stereocenters. The molecule has 148 valence electrons. The lowest BCUT2D eigenvalue weighted by molar-refractivity contribution is 0.263. The molecule has 0 saturated heterocycles. The number of fused-ring (bicyclic) bond motifs is 5. The second kappa shape index (κ2) is 6.93. The van der Waals surface area contributed by atoms with Gasteiger partial charge in [-0.3, -0.25) is 24.3 Å². The third-order valence-electron chi connectivity index (χ3n) is 5.49. The van der Waals surface area contributed by atoms with Crippen LogP contribution in [0.15, 0.2) is 78.3 Å². The van der Waals surface area contributed by atoms with Crippen molar-refractivity contribution in [2.75, 3.05) is 18.2 Å². The highest BCUT2D eigenvalue weighted by Gasteiger charge is 2.35. The summed E-state index contributed by atoms with van der Waals surface area (Å²) >= 11 is 0. The zero-order chi connectivity index (χ0) is 19.9. The monoisotopic (exact) mass is 396 g/mol. The minimum Gasteiger partial charge on any atom is -0.331 e. The molecule has 0 bridgehead atoms. The highest BCUT2D eigenvalue weighted by atomic mass is 15.5. The molecule has 3 aromatic heterocycles. The molecule has 5 heterocycles. The molecule has 0 saturated carbocycles. The number of benzene rings is 1. The molecule has 1 atom stereocenters. The lowest BCUT2D eigenvalue weighted by atomic mass is 10.2. The normalized spacial score (nSPS) is 18.5. The van der Waals surface area contributed by atoms with Crippen molar-refractivity contribution >= 4 is 22.9 Å². The summed E-state index contributed by atoms with van der Waals surface area (Å²) in [5.74, 6) is 1.73. The average molecular weight is 396 g/mol. The van der Waals surface area contributed by atoms with Gasteiger partial charge in [-0.15, -0.1) is 0 Å². The fraction of sp³-hybridized carbons (Fsp3) is 0.182. The zero-order valence-corrected chi connectivity index (χ0v) is 16.3. The van der Waals surface area contributed by atoms with E-state index in [4.69, 9.17) is 9.98 Å². The fourth-order valence-electron chi connectivity index (χ4n) is 4.13. The highest BCUT2D eigenvalue weighted by Crippen LogP contribution is 2.33. The van der Waals surface area contributed by atoms with Crippen LogP contribution in [-0.4, -0.2) is 43.7 Å². The predicted molar refractivity (Wildman–Crippen MR) is 115 cm³/mol. The number of aliphatic imine (C=N–C) groups is 1. The van der Waals surface area contributed by atoms with Crippen LogP contribution in [0.25, 0.3) is 11.0 Å². The molecule has 30 heavy (non-hydrogen) atoms. The van der Waals surface area contributed by atoms with Crippen molar-refractivity contribution in [3.63, 3.8) is 0 Å². The lowest BCUT2D eigenvalue weighted by Crippen LogP contribution is -2.57. The summed E-state index contributed by atoms with van der Waals surface area (Å²) < 4.78 is 2.24. The predicted octanol–water partition coefficient (Wildman–Crippen LogP) is 2.57.